The standard InChI is InChI=1S/C27H29N3O5/c1-19-7-6-8-21(15-19)18-35-24-12-11-20(16-25(24)34-3)17-28-30-27(32)14-13-26(31)29-22-9-4-5-10-23(22)33-2/h4-12,15-17H,13-14,18H2,1-3H3,(H,29,31)(H,30,32). The Morgan fingerprint density at radius 2 is 1.63 bits per heavy atom. The number of nitrogens with one attached hydrogen (secondary N) is 2. The van der Waals surface area contributed by atoms with Crippen molar-refractivity contribution in [3.8, 4) is 17.2 Å². The van der Waals surface area contributed by atoms with Crippen LogP contribution in [-0.2, 0) is 16.2 Å². The topological polar surface area (TPSA) is 98.2 Å². The monoisotopic (exact) mass is 475 g/mol. The zero-order valence-electron chi connectivity index (χ0n) is 20.0. The van der Waals surface area contributed by atoms with Gasteiger partial charge in [0.15, 0.2) is 11.5 Å². The number of aryl methyl sites for hydroxylation is 1. The van der Waals surface area contributed by atoms with Gasteiger partial charge in [-0.15, -0.1) is 0 Å². The van der Waals surface area contributed by atoms with E-state index in [-0.39, 0.29) is 24.7 Å². The number of anilines is 1. The molecule has 3 aromatic rings. The van der Waals surface area contributed by atoms with Gasteiger partial charge in [-0.25, -0.2) is 5.43 Å². The molecule has 3 rings (SSSR count). The maximum Gasteiger partial charge on any atom is 0.240 e. The van der Waals surface area contributed by atoms with Crippen molar-refractivity contribution < 1.29 is 23.8 Å². The Hall–Kier alpha value is -4.33. The molecule has 2 N–H and O–H groups in total. The third kappa shape index (κ3) is 7.89. The summed E-state index contributed by atoms with van der Waals surface area (Å²) >= 11 is 0. The molecule has 0 atom stereocenters. The van der Waals surface area contributed by atoms with E-state index in [9.17, 15) is 9.59 Å². The SMILES string of the molecule is COc1ccccc1NC(=O)CCC(=O)NN=Cc1ccc(OCc2cccc(C)c2)c(OC)c1. The molecule has 2 amide bonds. The molecule has 8 heteroatoms. The van der Waals surface area contributed by atoms with Crippen LogP contribution in [0.5, 0.6) is 17.2 Å². The first-order valence-electron chi connectivity index (χ1n) is 11.1. The van der Waals surface area contributed by atoms with Gasteiger partial charge in [-0.1, -0.05) is 42.0 Å². The zero-order valence-corrected chi connectivity index (χ0v) is 20.0. The second kappa shape index (κ2) is 12.8. The highest BCUT2D eigenvalue weighted by Gasteiger charge is 2.10. The first-order valence-corrected chi connectivity index (χ1v) is 11.1. The largest absolute Gasteiger partial charge is 0.495 e. The highest BCUT2D eigenvalue weighted by molar-refractivity contribution is 5.94. The van der Waals surface area contributed by atoms with Gasteiger partial charge in [0.05, 0.1) is 26.1 Å². The predicted octanol–water partition coefficient (Wildman–Crippen LogP) is 4.46. The number of carbonyl (C=O) groups excluding carboxylic acids is 2. The van der Waals surface area contributed by atoms with Gasteiger partial charge in [0.1, 0.15) is 12.4 Å². The molecule has 0 aliphatic heterocycles. The molecule has 8 nitrogen and oxygen atoms in total. The third-order valence-corrected chi connectivity index (χ3v) is 5.03. The molecule has 0 unspecified atom stereocenters. The molecule has 3 aromatic carbocycles. The summed E-state index contributed by atoms with van der Waals surface area (Å²) < 4.78 is 16.5. The number of hydrogen-bond acceptors (Lipinski definition) is 6. The van der Waals surface area contributed by atoms with Gasteiger partial charge in [0, 0.05) is 12.8 Å². The molecule has 0 saturated carbocycles. The van der Waals surface area contributed by atoms with Crippen LogP contribution in [0.4, 0.5) is 5.69 Å². The van der Waals surface area contributed by atoms with Crippen LogP contribution in [0.25, 0.3) is 0 Å². The first-order chi connectivity index (χ1) is 17.0. The van der Waals surface area contributed by atoms with E-state index >= 15 is 0 Å². The van der Waals surface area contributed by atoms with Crippen molar-refractivity contribution in [1.29, 1.82) is 0 Å². The number of hydrazone groups is 1. The number of methoxy groups -OCH3 is 2. The van der Waals surface area contributed by atoms with E-state index in [0.717, 1.165) is 11.1 Å². The van der Waals surface area contributed by atoms with Crippen molar-refractivity contribution >= 4 is 23.7 Å². The fourth-order valence-corrected chi connectivity index (χ4v) is 3.27. The molecule has 0 aliphatic rings. The fourth-order valence-electron chi connectivity index (χ4n) is 3.27. The molecule has 182 valence electrons. The first kappa shape index (κ1) is 25.3. The molecule has 0 radical (unpaired) electrons. The maximum absolute atomic E-state index is 12.1. The molecule has 0 aromatic heterocycles. The van der Waals surface area contributed by atoms with Crippen molar-refractivity contribution in [3.05, 3.63) is 83.4 Å². The lowest BCUT2D eigenvalue weighted by molar-refractivity contribution is -0.124. The van der Waals surface area contributed by atoms with Gasteiger partial charge >= 0.3 is 0 Å². The number of amides is 2. The van der Waals surface area contributed by atoms with E-state index in [4.69, 9.17) is 14.2 Å². The van der Waals surface area contributed by atoms with E-state index in [0.29, 0.717) is 29.5 Å². The lowest BCUT2D eigenvalue weighted by atomic mass is 10.1. The number of hydrogen-bond donors (Lipinski definition) is 2. The Bertz CT molecular complexity index is 1190. The van der Waals surface area contributed by atoms with E-state index in [1.807, 2.05) is 37.3 Å². The van der Waals surface area contributed by atoms with Gasteiger partial charge < -0.3 is 19.5 Å². The number of carbonyl (C=O) groups is 2. The Kier molecular flexibility index (Phi) is 9.24. The Morgan fingerprint density at radius 3 is 2.40 bits per heavy atom. The molecule has 0 aliphatic carbocycles. The summed E-state index contributed by atoms with van der Waals surface area (Å²) in [7, 11) is 3.09. The molecular formula is C27H29N3O5. The lowest BCUT2D eigenvalue weighted by Gasteiger charge is -2.11. The van der Waals surface area contributed by atoms with Crippen molar-refractivity contribution in [2.45, 2.75) is 26.4 Å². The lowest BCUT2D eigenvalue weighted by Crippen LogP contribution is -2.20. The zero-order chi connectivity index (χ0) is 25.0. The van der Waals surface area contributed by atoms with Crippen LogP contribution in [0.15, 0.2) is 71.8 Å². The average molecular weight is 476 g/mol. The molecule has 0 bridgehead atoms. The quantitative estimate of drug-likeness (QED) is 0.315. The van der Waals surface area contributed by atoms with E-state index in [1.165, 1.54) is 18.9 Å². The highest BCUT2D eigenvalue weighted by atomic mass is 16.5. The van der Waals surface area contributed by atoms with Crippen LogP contribution in [0, 0.1) is 6.92 Å². The number of rotatable bonds is 11. The maximum atomic E-state index is 12.1. The summed E-state index contributed by atoms with van der Waals surface area (Å²) in [5, 5.41) is 6.70. The van der Waals surface area contributed by atoms with E-state index in [1.54, 1.807) is 37.4 Å². The second-order valence-electron chi connectivity index (χ2n) is 7.73. The second-order valence-corrected chi connectivity index (χ2v) is 7.73. The van der Waals surface area contributed by atoms with Gasteiger partial charge in [-0.2, -0.15) is 5.10 Å². The van der Waals surface area contributed by atoms with Crippen LogP contribution in [0.3, 0.4) is 0 Å². The molecule has 0 fully saturated rings. The highest BCUT2D eigenvalue weighted by Crippen LogP contribution is 2.28. The minimum absolute atomic E-state index is 0.00657. The Balaban J connectivity index is 1.47. The van der Waals surface area contributed by atoms with Gasteiger partial charge in [0.2, 0.25) is 11.8 Å². The molecule has 0 spiro atoms. The van der Waals surface area contributed by atoms with Crippen LogP contribution < -0.4 is 25.0 Å². The Labute approximate surface area is 204 Å². The Morgan fingerprint density at radius 1 is 0.857 bits per heavy atom. The van der Waals surface area contributed by atoms with E-state index in [2.05, 4.69) is 21.9 Å². The van der Waals surface area contributed by atoms with Crippen LogP contribution in [0.1, 0.15) is 29.5 Å². The summed E-state index contributed by atoms with van der Waals surface area (Å²) in [5.74, 6) is 1.05. The summed E-state index contributed by atoms with van der Waals surface area (Å²) in [4.78, 5) is 24.2. The average Bonchev–Trinajstić information content (AvgIpc) is 2.87. The van der Waals surface area contributed by atoms with Crippen LogP contribution >= 0.6 is 0 Å². The van der Waals surface area contributed by atoms with Crippen LogP contribution in [-0.4, -0.2) is 32.2 Å². The summed E-state index contributed by atoms with van der Waals surface area (Å²) in [6, 6.07) is 20.5. The molecular weight excluding hydrogens is 446 g/mol. The summed E-state index contributed by atoms with van der Waals surface area (Å²) in [5.41, 5.74) is 5.94. The smallest absolute Gasteiger partial charge is 0.240 e. The minimum atomic E-state index is -0.374. The number of ether oxygens (including phenoxy) is 3. The normalized spacial score (nSPS) is 10.6. The predicted molar refractivity (Wildman–Crippen MR) is 135 cm³/mol. The van der Waals surface area contributed by atoms with Crippen molar-refractivity contribution in [2.75, 3.05) is 19.5 Å². The number of nitrogens with zero attached hydrogens (tertiary/aromatic N) is 1. The number of benzene rings is 3. The van der Waals surface area contributed by atoms with Gasteiger partial charge in [-0.3, -0.25) is 9.59 Å². The molecule has 0 saturated heterocycles. The van der Waals surface area contributed by atoms with Crippen molar-refractivity contribution in [2.24, 2.45) is 5.10 Å². The van der Waals surface area contributed by atoms with Crippen molar-refractivity contribution in [3.63, 3.8) is 0 Å². The van der Waals surface area contributed by atoms with Gasteiger partial charge in [-0.05, 0) is 48.4 Å². The van der Waals surface area contributed by atoms with Crippen molar-refractivity contribution in [1.82, 2.24) is 5.43 Å². The van der Waals surface area contributed by atoms with E-state index < -0.39 is 0 Å². The number of para-hydroxylation sites is 2. The van der Waals surface area contributed by atoms with Crippen LogP contribution in [0.2, 0.25) is 0 Å². The molecule has 0 heterocycles. The molecule has 35 heavy (non-hydrogen) atoms. The fraction of sp³-hybridized carbons (Fsp3) is 0.222. The summed E-state index contributed by atoms with van der Waals surface area (Å²) in [6.45, 7) is 2.46. The minimum Gasteiger partial charge on any atom is -0.495 e. The third-order valence-electron chi connectivity index (χ3n) is 5.03. The van der Waals surface area contributed by atoms with Gasteiger partial charge in [0.25, 0.3) is 0 Å². The summed E-state index contributed by atoms with van der Waals surface area (Å²) in [6.07, 6.45) is 1.51.